The predicted octanol–water partition coefficient (Wildman–Crippen LogP) is 3.15. The lowest BCUT2D eigenvalue weighted by Gasteiger charge is -2.20. The summed E-state index contributed by atoms with van der Waals surface area (Å²) in [5.74, 6) is 0.821. The summed E-state index contributed by atoms with van der Waals surface area (Å²) >= 11 is 0. The van der Waals surface area contributed by atoms with E-state index in [-0.39, 0.29) is 12.6 Å². The van der Waals surface area contributed by atoms with Crippen molar-refractivity contribution in [3.63, 3.8) is 0 Å². The van der Waals surface area contributed by atoms with Gasteiger partial charge in [-0.3, -0.25) is 0 Å². The highest BCUT2D eigenvalue weighted by molar-refractivity contribution is 5.49. The van der Waals surface area contributed by atoms with E-state index < -0.39 is 0 Å². The lowest BCUT2D eigenvalue weighted by atomic mass is 10.0. The molecule has 0 aliphatic carbocycles. The van der Waals surface area contributed by atoms with Crippen molar-refractivity contribution < 1.29 is 9.84 Å². The van der Waals surface area contributed by atoms with Crippen LogP contribution in [0.1, 0.15) is 17.2 Å². The topological polar surface area (TPSA) is 41.5 Å². The van der Waals surface area contributed by atoms with Crippen LogP contribution in [-0.2, 0) is 0 Å². The van der Waals surface area contributed by atoms with Gasteiger partial charge in [0, 0.05) is 5.69 Å². The Kier molecular flexibility index (Phi) is 4.42. The normalized spacial score (nSPS) is 11.9. The summed E-state index contributed by atoms with van der Waals surface area (Å²) in [6, 6.07) is 15.7. The van der Waals surface area contributed by atoms with Gasteiger partial charge in [-0.05, 0) is 42.3 Å². The Morgan fingerprint density at radius 1 is 1.11 bits per heavy atom. The van der Waals surface area contributed by atoms with Crippen molar-refractivity contribution in [2.75, 3.05) is 19.0 Å². The van der Waals surface area contributed by atoms with Crippen molar-refractivity contribution in [2.45, 2.75) is 13.0 Å². The lowest BCUT2D eigenvalue weighted by molar-refractivity contribution is 0.276. The number of anilines is 1. The molecule has 0 amide bonds. The number of ether oxygens (including phenoxy) is 1. The fourth-order valence-corrected chi connectivity index (χ4v) is 2.09. The number of hydrogen-bond acceptors (Lipinski definition) is 3. The van der Waals surface area contributed by atoms with Crippen molar-refractivity contribution >= 4 is 5.69 Å². The van der Waals surface area contributed by atoms with Crippen molar-refractivity contribution in [1.29, 1.82) is 0 Å². The first-order valence-electron chi connectivity index (χ1n) is 6.31. The second-order valence-corrected chi connectivity index (χ2v) is 4.46. The average Bonchev–Trinajstić information content (AvgIpc) is 2.46. The SMILES string of the molecule is COc1ccc(NC(CO)c2ccccc2C)cc1. The van der Waals surface area contributed by atoms with E-state index in [9.17, 15) is 5.11 Å². The van der Waals surface area contributed by atoms with Crippen molar-refractivity contribution in [2.24, 2.45) is 0 Å². The third-order valence-electron chi connectivity index (χ3n) is 3.18. The van der Waals surface area contributed by atoms with Crippen LogP contribution in [0.15, 0.2) is 48.5 Å². The minimum Gasteiger partial charge on any atom is -0.497 e. The number of aryl methyl sites for hydroxylation is 1. The molecule has 2 aromatic carbocycles. The molecule has 0 saturated heterocycles. The molecule has 0 spiro atoms. The first kappa shape index (κ1) is 13.4. The molecule has 0 fully saturated rings. The third kappa shape index (κ3) is 3.26. The van der Waals surface area contributed by atoms with E-state index in [0.717, 1.165) is 17.0 Å². The molecule has 1 unspecified atom stereocenters. The van der Waals surface area contributed by atoms with Crippen LogP contribution in [0.3, 0.4) is 0 Å². The highest BCUT2D eigenvalue weighted by atomic mass is 16.5. The van der Waals surface area contributed by atoms with E-state index in [2.05, 4.69) is 5.32 Å². The second-order valence-electron chi connectivity index (χ2n) is 4.46. The molecule has 2 aromatic rings. The molecule has 0 aliphatic rings. The molecule has 19 heavy (non-hydrogen) atoms. The van der Waals surface area contributed by atoms with Gasteiger partial charge in [0.1, 0.15) is 5.75 Å². The molecule has 2 N–H and O–H groups in total. The van der Waals surface area contributed by atoms with Crippen LogP contribution in [0.25, 0.3) is 0 Å². The molecule has 2 rings (SSSR count). The first-order chi connectivity index (χ1) is 9.24. The van der Waals surface area contributed by atoms with Crippen LogP contribution in [0.2, 0.25) is 0 Å². The fourth-order valence-electron chi connectivity index (χ4n) is 2.09. The number of aliphatic hydroxyl groups is 1. The van der Waals surface area contributed by atoms with E-state index in [4.69, 9.17) is 4.74 Å². The molecule has 0 saturated carbocycles. The molecule has 0 aromatic heterocycles. The van der Waals surface area contributed by atoms with Gasteiger partial charge < -0.3 is 15.2 Å². The summed E-state index contributed by atoms with van der Waals surface area (Å²) in [5.41, 5.74) is 3.24. The zero-order valence-electron chi connectivity index (χ0n) is 11.3. The number of rotatable bonds is 5. The Morgan fingerprint density at radius 3 is 2.37 bits per heavy atom. The molecule has 0 bridgehead atoms. The predicted molar refractivity (Wildman–Crippen MR) is 77.6 cm³/mol. The van der Waals surface area contributed by atoms with Crippen LogP contribution in [0, 0.1) is 6.92 Å². The van der Waals surface area contributed by atoms with Gasteiger partial charge in [-0.15, -0.1) is 0 Å². The average molecular weight is 257 g/mol. The summed E-state index contributed by atoms with van der Waals surface area (Å²) in [4.78, 5) is 0. The maximum absolute atomic E-state index is 9.58. The number of aliphatic hydroxyl groups excluding tert-OH is 1. The zero-order valence-corrected chi connectivity index (χ0v) is 11.3. The molecular weight excluding hydrogens is 238 g/mol. The largest absolute Gasteiger partial charge is 0.497 e. The maximum Gasteiger partial charge on any atom is 0.119 e. The molecule has 0 aliphatic heterocycles. The summed E-state index contributed by atoms with van der Waals surface area (Å²) in [6.07, 6.45) is 0. The second kappa shape index (κ2) is 6.25. The molecule has 1 atom stereocenters. The third-order valence-corrected chi connectivity index (χ3v) is 3.18. The molecule has 100 valence electrons. The monoisotopic (exact) mass is 257 g/mol. The van der Waals surface area contributed by atoms with Crippen molar-refractivity contribution in [3.8, 4) is 5.75 Å². The van der Waals surface area contributed by atoms with Gasteiger partial charge >= 0.3 is 0 Å². The number of nitrogens with one attached hydrogen (secondary N) is 1. The van der Waals surface area contributed by atoms with E-state index in [1.807, 2.05) is 55.5 Å². The van der Waals surface area contributed by atoms with Gasteiger partial charge in [0.25, 0.3) is 0 Å². The van der Waals surface area contributed by atoms with Crippen LogP contribution in [0.5, 0.6) is 5.75 Å². The number of benzene rings is 2. The van der Waals surface area contributed by atoms with Crippen LogP contribution >= 0.6 is 0 Å². The zero-order chi connectivity index (χ0) is 13.7. The summed E-state index contributed by atoms with van der Waals surface area (Å²) in [7, 11) is 1.65. The first-order valence-corrected chi connectivity index (χ1v) is 6.31. The minimum atomic E-state index is -0.102. The smallest absolute Gasteiger partial charge is 0.119 e. The van der Waals surface area contributed by atoms with E-state index in [1.54, 1.807) is 7.11 Å². The van der Waals surface area contributed by atoms with Gasteiger partial charge in [-0.1, -0.05) is 24.3 Å². The fraction of sp³-hybridized carbons (Fsp3) is 0.250. The molecule has 3 heteroatoms. The molecule has 0 heterocycles. The highest BCUT2D eigenvalue weighted by Crippen LogP contribution is 2.23. The van der Waals surface area contributed by atoms with Gasteiger partial charge in [0.2, 0.25) is 0 Å². The van der Waals surface area contributed by atoms with Gasteiger partial charge in [0.05, 0.1) is 19.8 Å². The van der Waals surface area contributed by atoms with Crippen LogP contribution in [0.4, 0.5) is 5.69 Å². The summed E-state index contributed by atoms with van der Waals surface area (Å²) in [6.45, 7) is 2.10. The Labute approximate surface area is 113 Å². The quantitative estimate of drug-likeness (QED) is 0.864. The van der Waals surface area contributed by atoms with E-state index in [0.29, 0.717) is 0 Å². The molecular formula is C16H19NO2. The Bertz CT molecular complexity index is 523. The number of methoxy groups -OCH3 is 1. The molecule has 0 radical (unpaired) electrons. The van der Waals surface area contributed by atoms with Gasteiger partial charge in [-0.25, -0.2) is 0 Å². The van der Waals surface area contributed by atoms with Gasteiger partial charge in [-0.2, -0.15) is 0 Å². The Balaban J connectivity index is 2.17. The highest BCUT2D eigenvalue weighted by Gasteiger charge is 2.12. The Morgan fingerprint density at radius 2 is 1.79 bits per heavy atom. The van der Waals surface area contributed by atoms with Crippen molar-refractivity contribution in [3.05, 3.63) is 59.7 Å². The lowest BCUT2D eigenvalue weighted by Crippen LogP contribution is -2.15. The standard InChI is InChI=1S/C16H19NO2/c1-12-5-3-4-6-15(12)16(11-18)17-13-7-9-14(19-2)10-8-13/h3-10,16-18H,11H2,1-2H3. The van der Waals surface area contributed by atoms with Crippen LogP contribution < -0.4 is 10.1 Å². The minimum absolute atomic E-state index is 0.0525. The van der Waals surface area contributed by atoms with E-state index in [1.165, 1.54) is 5.56 Å². The maximum atomic E-state index is 9.58. The molecule has 3 nitrogen and oxygen atoms in total. The van der Waals surface area contributed by atoms with Crippen LogP contribution in [-0.4, -0.2) is 18.8 Å². The van der Waals surface area contributed by atoms with Gasteiger partial charge in [0.15, 0.2) is 0 Å². The summed E-state index contributed by atoms with van der Waals surface area (Å²) < 4.78 is 5.13. The summed E-state index contributed by atoms with van der Waals surface area (Å²) in [5, 5.41) is 12.9. The van der Waals surface area contributed by atoms with Crippen molar-refractivity contribution in [1.82, 2.24) is 0 Å². The number of hydrogen-bond donors (Lipinski definition) is 2. The Hall–Kier alpha value is -2.00. The van der Waals surface area contributed by atoms with E-state index >= 15 is 0 Å².